The molecule has 0 radical (unpaired) electrons. The minimum Gasteiger partial charge on any atom is -0.493 e. The van der Waals surface area contributed by atoms with E-state index in [2.05, 4.69) is 15.4 Å². The quantitative estimate of drug-likeness (QED) is 0.728. The van der Waals surface area contributed by atoms with E-state index in [1.807, 2.05) is 19.1 Å². The molecule has 1 saturated heterocycles. The SMILES string of the molecule is CCc1nc([C@H]2OCC(=O)N[C@@H]2c2ccc(OC)c(OC)c2)n(CCOC)n1. The van der Waals surface area contributed by atoms with Crippen molar-refractivity contribution in [3.05, 3.63) is 35.4 Å². The molecule has 0 spiro atoms. The van der Waals surface area contributed by atoms with Crippen LogP contribution < -0.4 is 14.8 Å². The van der Waals surface area contributed by atoms with E-state index in [1.165, 1.54) is 0 Å². The average Bonchev–Trinajstić information content (AvgIpc) is 3.14. The van der Waals surface area contributed by atoms with Crippen LogP contribution in [-0.4, -0.2) is 55.2 Å². The molecule has 152 valence electrons. The molecule has 0 bridgehead atoms. The second-order valence-electron chi connectivity index (χ2n) is 6.35. The van der Waals surface area contributed by atoms with Crippen LogP contribution in [-0.2, 0) is 27.2 Å². The van der Waals surface area contributed by atoms with Crippen LogP contribution in [0.2, 0.25) is 0 Å². The average molecular weight is 390 g/mol. The fraction of sp³-hybridized carbons (Fsp3) is 0.526. The van der Waals surface area contributed by atoms with Crippen molar-refractivity contribution in [3.8, 4) is 11.5 Å². The Bertz CT molecular complexity index is 823. The van der Waals surface area contributed by atoms with Crippen LogP contribution in [0.3, 0.4) is 0 Å². The summed E-state index contributed by atoms with van der Waals surface area (Å²) < 4.78 is 23.6. The minimum absolute atomic E-state index is 0.0347. The summed E-state index contributed by atoms with van der Waals surface area (Å²) in [5, 5.41) is 7.55. The van der Waals surface area contributed by atoms with Gasteiger partial charge in [0.1, 0.15) is 12.7 Å². The summed E-state index contributed by atoms with van der Waals surface area (Å²) >= 11 is 0. The Morgan fingerprint density at radius 1 is 1.25 bits per heavy atom. The van der Waals surface area contributed by atoms with Crippen LogP contribution in [0, 0.1) is 0 Å². The van der Waals surface area contributed by atoms with Crippen LogP contribution in [0.25, 0.3) is 0 Å². The summed E-state index contributed by atoms with van der Waals surface area (Å²) in [6.07, 6.45) is 0.216. The lowest BCUT2D eigenvalue weighted by Crippen LogP contribution is -2.42. The van der Waals surface area contributed by atoms with Gasteiger partial charge in [0.05, 0.1) is 33.4 Å². The Morgan fingerprint density at radius 2 is 2.04 bits per heavy atom. The molecule has 28 heavy (non-hydrogen) atoms. The van der Waals surface area contributed by atoms with E-state index in [4.69, 9.17) is 18.9 Å². The highest BCUT2D eigenvalue weighted by atomic mass is 16.5. The predicted molar refractivity (Wildman–Crippen MR) is 100 cm³/mol. The number of carbonyl (C=O) groups excluding carboxylic acids is 1. The molecule has 1 fully saturated rings. The summed E-state index contributed by atoms with van der Waals surface area (Å²) in [7, 11) is 4.79. The molecule has 1 N–H and O–H groups in total. The standard InChI is InChI=1S/C19H26N4O5/c1-5-15-20-19(23(22-15)8-9-25-2)18-17(21-16(24)11-28-18)12-6-7-13(26-3)14(10-12)27-4/h6-7,10,17-18H,5,8-9,11H2,1-4H3,(H,21,24)/t17-,18+/m1/s1. The zero-order chi connectivity index (χ0) is 20.1. The zero-order valence-electron chi connectivity index (χ0n) is 16.6. The number of hydrogen-bond donors (Lipinski definition) is 1. The smallest absolute Gasteiger partial charge is 0.246 e. The van der Waals surface area contributed by atoms with E-state index < -0.39 is 12.1 Å². The van der Waals surface area contributed by atoms with Gasteiger partial charge in [-0.2, -0.15) is 5.10 Å². The molecule has 2 aromatic rings. The molecule has 0 saturated carbocycles. The third-order valence-electron chi connectivity index (χ3n) is 4.60. The van der Waals surface area contributed by atoms with Crippen LogP contribution in [0.15, 0.2) is 18.2 Å². The molecule has 9 nitrogen and oxygen atoms in total. The van der Waals surface area contributed by atoms with Gasteiger partial charge in [-0.3, -0.25) is 4.79 Å². The van der Waals surface area contributed by atoms with Crippen molar-refractivity contribution in [1.29, 1.82) is 0 Å². The topological polar surface area (TPSA) is 96.7 Å². The van der Waals surface area contributed by atoms with Gasteiger partial charge in [0.15, 0.2) is 23.1 Å². The normalized spacial score (nSPS) is 19.4. The van der Waals surface area contributed by atoms with Gasteiger partial charge in [-0.15, -0.1) is 0 Å². The summed E-state index contributed by atoms with van der Waals surface area (Å²) in [6, 6.07) is 5.09. The number of rotatable bonds is 8. The van der Waals surface area contributed by atoms with Crippen LogP contribution in [0.1, 0.15) is 36.3 Å². The molecule has 1 aliphatic rings. The molecule has 0 unspecified atom stereocenters. The van der Waals surface area contributed by atoms with Crippen molar-refractivity contribution in [3.63, 3.8) is 0 Å². The molecule has 1 aromatic carbocycles. The van der Waals surface area contributed by atoms with Crippen molar-refractivity contribution in [1.82, 2.24) is 20.1 Å². The first-order chi connectivity index (χ1) is 13.6. The lowest BCUT2D eigenvalue weighted by molar-refractivity contribution is -0.138. The Hall–Kier alpha value is -2.65. The number of aryl methyl sites for hydroxylation is 1. The van der Waals surface area contributed by atoms with Gasteiger partial charge in [-0.25, -0.2) is 9.67 Å². The lowest BCUT2D eigenvalue weighted by Gasteiger charge is -2.32. The number of carbonyl (C=O) groups is 1. The summed E-state index contributed by atoms with van der Waals surface area (Å²) in [5.41, 5.74) is 0.829. The number of methoxy groups -OCH3 is 3. The first-order valence-electron chi connectivity index (χ1n) is 9.16. The highest BCUT2D eigenvalue weighted by molar-refractivity contribution is 5.78. The molecule has 2 heterocycles. The van der Waals surface area contributed by atoms with Crippen molar-refractivity contribution >= 4 is 5.91 Å². The van der Waals surface area contributed by atoms with Crippen LogP contribution in [0.4, 0.5) is 0 Å². The number of hydrogen-bond acceptors (Lipinski definition) is 7. The maximum absolute atomic E-state index is 12.1. The van der Waals surface area contributed by atoms with Crippen molar-refractivity contribution in [2.45, 2.75) is 32.0 Å². The van der Waals surface area contributed by atoms with Crippen LogP contribution in [0.5, 0.6) is 11.5 Å². The number of nitrogens with one attached hydrogen (secondary N) is 1. The minimum atomic E-state index is -0.486. The first-order valence-corrected chi connectivity index (χ1v) is 9.16. The fourth-order valence-electron chi connectivity index (χ4n) is 3.19. The Balaban J connectivity index is 2.00. The second kappa shape index (κ2) is 9.03. The zero-order valence-corrected chi connectivity index (χ0v) is 16.6. The molecule has 3 rings (SSSR count). The van der Waals surface area contributed by atoms with Crippen molar-refractivity contribution in [2.75, 3.05) is 34.5 Å². The molecule has 2 atom stereocenters. The second-order valence-corrected chi connectivity index (χ2v) is 6.35. The van der Waals surface area contributed by atoms with Gasteiger partial charge in [0.25, 0.3) is 0 Å². The number of benzene rings is 1. The third-order valence-corrected chi connectivity index (χ3v) is 4.60. The van der Waals surface area contributed by atoms with Gasteiger partial charge >= 0.3 is 0 Å². The van der Waals surface area contributed by atoms with E-state index in [0.29, 0.717) is 36.9 Å². The predicted octanol–water partition coefficient (Wildman–Crippen LogP) is 1.43. The molecule has 0 aliphatic carbocycles. The molecule has 1 aliphatic heterocycles. The molecular formula is C19H26N4O5. The Kier molecular flexibility index (Phi) is 6.48. The highest BCUT2D eigenvalue weighted by Gasteiger charge is 2.36. The van der Waals surface area contributed by atoms with Crippen molar-refractivity contribution < 1.29 is 23.7 Å². The number of amides is 1. The van der Waals surface area contributed by atoms with Gasteiger partial charge in [-0.1, -0.05) is 13.0 Å². The summed E-state index contributed by atoms with van der Waals surface area (Å²) in [4.78, 5) is 16.7. The molecule has 1 amide bonds. The van der Waals surface area contributed by atoms with E-state index in [9.17, 15) is 4.79 Å². The molecular weight excluding hydrogens is 364 g/mol. The highest BCUT2D eigenvalue weighted by Crippen LogP contribution is 2.37. The van der Waals surface area contributed by atoms with Gasteiger partial charge in [0, 0.05) is 13.5 Å². The number of morpholine rings is 1. The number of aromatic nitrogens is 3. The van der Waals surface area contributed by atoms with Crippen LogP contribution >= 0.6 is 0 Å². The van der Waals surface area contributed by atoms with E-state index in [1.54, 1.807) is 32.1 Å². The van der Waals surface area contributed by atoms with E-state index >= 15 is 0 Å². The molecule has 9 heteroatoms. The Morgan fingerprint density at radius 3 is 2.71 bits per heavy atom. The summed E-state index contributed by atoms with van der Waals surface area (Å²) in [6.45, 7) is 3.01. The fourth-order valence-corrected chi connectivity index (χ4v) is 3.19. The summed E-state index contributed by atoms with van der Waals surface area (Å²) in [5.74, 6) is 2.39. The third kappa shape index (κ3) is 4.10. The maximum Gasteiger partial charge on any atom is 0.246 e. The van der Waals surface area contributed by atoms with E-state index in [0.717, 1.165) is 11.4 Å². The first kappa shape index (κ1) is 20.1. The van der Waals surface area contributed by atoms with Crippen molar-refractivity contribution in [2.24, 2.45) is 0 Å². The number of ether oxygens (including phenoxy) is 4. The maximum atomic E-state index is 12.1. The largest absolute Gasteiger partial charge is 0.493 e. The van der Waals surface area contributed by atoms with Gasteiger partial charge < -0.3 is 24.3 Å². The number of nitrogens with zero attached hydrogens (tertiary/aromatic N) is 3. The molecule has 1 aromatic heterocycles. The monoisotopic (exact) mass is 390 g/mol. The Labute approximate surface area is 163 Å². The van der Waals surface area contributed by atoms with Gasteiger partial charge in [-0.05, 0) is 17.7 Å². The van der Waals surface area contributed by atoms with E-state index in [-0.39, 0.29) is 12.5 Å². The van der Waals surface area contributed by atoms with Gasteiger partial charge in [0.2, 0.25) is 5.91 Å². The lowest BCUT2D eigenvalue weighted by atomic mass is 9.98.